The van der Waals surface area contributed by atoms with Crippen LogP contribution < -0.4 is 0 Å². The molecule has 136 valence electrons. The highest BCUT2D eigenvalue weighted by molar-refractivity contribution is 7.98. The number of thioether (sulfide) groups is 1. The lowest BCUT2D eigenvalue weighted by Crippen LogP contribution is -2.00. The van der Waals surface area contributed by atoms with Gasteiger partial charge in [0.25, 0.3) is 0 Å². The molecule has 4 aromatic rings. The Morgan fingerprint density at radius 1 is 0.926 bits per heavy atom. The minimum absolute atomic E-state index is 0.736. The van der Waals surface area contributed by atoms with Crippen molar-refractivity contribution in [3.8, 4) is 17.1 Å². The summed E-state index contributed by atoms with van der Waals surface area (Å²) in [6.45, 7) is 5.99. The fourth-order valence-corrected chi connectivity index (χ4v) is 4.01. The summed E-state index contributed by atoms with van der Waals surface area (Å²) in [6, 6.07) is 18.5. The SMILES string of the molecule is Cc1ccc(-n2c(SCc3c(C)noc3C)nnc2-c2ccccc2)cc1. The van der Waals surface area contributed by atoms with Gasteiger partial charge in [0.05, 0.1) is 5.69 Å². The highest BCUT2D eigenvalue weighted by Crippen LogP contribution is 2.31. The Kier molecular flexibility index (Phi) is 4.81. The minimum Gasteiger partial charge on any atom is -0.361 e. The molecule has 0 saturated carbocycles. The second-order valence-electron chi connectivity index (χ2n) is 6.43. The highest BCUT2D eigenvalue weighted by atomic mass is 32.2. The summed E-state index contributed by atoms with van der Waals surface area (Å²) in [5, 5.41) is 13.8. The van der Waals surface area contributed by atoms with Gasteiger partial charge in [-0.25, -0.2) is 0 Å². The van der Waals surface area contributed by atoms with E-state index >= 15 is 0 Å². The minimum atomic E-state index is 0.736. The number of hydrogen-bond donors (Lipinski definition) is 0. The molecule has 0 N–H and O–H groups in total. The Balaban J connectivity index is 1.75. The van der Waals surface area contributed by atoms with Crippen LogP contribution in [-0.4, -0.2) is 19.9 Å². The van der Waals surface area contributed by atoms with Crippen LogP contribution in [0.5, 0.6) is 0 Å². The zero-order valence-corrected chi connectivity index (χ0v) is 16.3. The van der Waals surface area contributed by atoms with Crippen molar-refractivity contribution in [1.29, 1.82) is 0 Å². The van der Waals surface area contributed by atoms with Crippen LogP contribution in [0, 0.1) is 20.8 Å². The Morgan fingerprint density at radius 2 is 1.67 bits per heavy atom. The average Bonchev–Trinajstić information content (AvgIpc) is 3.25. The second kappa shape index (κ2) is 7.40. The molecule has 0 unspecified atom stereocenters. The third-order valence-corrected chi connectivity index (χ3v) is 5.44. The van der Waals surface area contributed by atoms with E-state index in [-0.39, 0.29) is 0 Å². The van der Waals surface area contributed by atoms with Gasteiger partial charge in [-0.05, 0) is 32.9 Å². The number of hydrogen-bond acceptors (Lipinski definition) is 5. The Morgan fingerprint density at radius 3 is 2.33 bits per heavy atom. The first-order chi connectivity index (χ1) is 13.1. The normalized spacial score (nSPS) is 11.1. The van der Waals surface area contributed by atoms with Gasteiger partial charge in [0.15, 0.2) is 11.0 Å². The largest absolute Gasteiger partial charge is 0.361 e. The fourth-order valence-electron chi connectivity index (χ4n) is 2.91. The zero-order chi connectivity index (χ0) is 18.8. The molecule has 0 aliphatic carbocycles. The average molecular weight is 376 g/mol. The molecular formula is C21H20N4OS. The Hall–Kier alpha value is -2.86. The van der Waals surface area contributed by atoms with Crippen LogP contribution >= 0.6 is 11.8 Å². The van der Waals surface area contributed by atoms with Crippen LogP contribution in [0.4, 0.5) is 0 Å². The van der Waals surface area contributed by atoms with Gasteiger partial charge in [-0.3, -0.25) is 4.57 Å². The Labute approximate surface area is 162 Å². The van der Waals surface area contributed by atoms with Crippen LogP contribution in [-0.2, 0) is 5.75 Å². The maximum Gasteiger partial charge on any atom is 0.196 e. The fraction of sp³-hybridized carbons (Fsp3) is 0.190. The molecule has 5 nitrogen and oxygen atoms in total. The van der Waals surface area contributed by atoms with Crippen molar-refractivity contribution in [2.24, 2.45) is 0 Å². The van der Waals surface area contributed by atoms with Crippen molar-refractivity contribution in [2.75, 3.05) is 0 Å². The molecule has 2 aromatic heterocycles. The van der Waals surface area contributed by atoms with Gasteiger partial charge in [0, 0.05) is 22.6 Å². The summed E-state index contributed by atoms with van der Waals surface area (Å²) in [5.41, 5.74) is 5.34. The summed E-state index contributed by atoms with van der Waals surface area (Å²) >= 11 is 1.64. The quantitative estimate of drug-likeness (QED) is 0.451. The van der Waals surface area contributed by atoms with Crippen molar-refractivity contribution < 1.29 is 4.52 Å². The standard InChI is InChI=1S/C21H20N4OS/c1-14-9-11-18(12-10-14)25-20(17-7-5-4-6-8-17)22-23-21(25)27-13-19-15(2)24-26-16(19)3/h4-12H,13H2,1-3H3. The van der Waals surface area contributed by atoms with Gasteiger partial charge >= 0.3 is 0 Å². The van der Waals surface area contributed by atoms with Crippen molar-refractivity contribution >= 4 is 11.8 Å². The molecule has 0 spiro atoms. The Bertz CT molecular complexity index is 1030. The van der Waals surface area contributed by atoms with E-state index in [1.54, 1.807) is 11.8 Å². The van der Waals surface area contributed by atoms with Crippen LogP contribution in [0.3, 0.4) is 0 Å². The van der Waals surface area contributed by atoms with E-state index in [1.165, 1.54) is 5.56 Å². The predicted octanol–water partition coefficient (Wildman–Crippen LogP) is 5.14. The topological polar surface area (TPSA) is 56.7 Å². The molecule has 4 rings (SSSR count). The zero-order valence-electron chi connectivity index (χ0n) is 15.5. The van der Waals surface area contributed by atoms with Crippen molar-refractivity contribution in [3.05, 3.63) is 77.2 Å². The molecule has 0 aliphatic rings. The molecule has 0 radical (unpaired) electrons. The molecule has 2 aromatic carbocycles. The molecular weight excluding hydrogens is 356 g/mol. The van der Waals surface area contributed by atoms with Gasteiger partial charge in [0.1, 0.15) is 5.76 Å². The van der Waals surface area contributed by atoms with E-state index in [1.807, 2.05) is 32.0 Å². The van der Waals surface area contributed by atoms with E-state index < -0.39 is 0 Å². The first-order valence-corrected chi connectivity index (χ1v) is 9.74. The summed E-state index contributed by atoms with van der Waals surface area (Å²) in [5.74, 6) is 2.42. The van der Waals surface area contributed by atoms with E-state index in [9.17, 15) is 0 Å². The lowest BCUT2D eigenvalue weighted by Gasteiger charge is -2.10. The number of benzene rings is 2. The van der Waals surface area contributed by atoms with Crippen molar-refractivity contribution in [2.45, 2.75) is 31.7 Å². The van der Waals surface area contributed by atoms with Gasteiger partial charge in [-0.15, -0.1) is 10.2 Å². The number of nitrogens with zero attached hydrogens (tertiary/aromatic N) is 4. The number of aryl methyl sites for hydroxylation is 3. The van der Waals surface area contributed by atoms with Gasteiger partial charge in [-0.1, -0.05) is 64.9 Å². The van der Waals surface area contributed by atoms with Crippen LogP contribution in [0.25, 0.3) is 17.1 Å². The molecule has 6 heteroatoms. The number of aromatic nitrogens is 4. The molecule has 0 bridgehead atoms. The van der Waals surface area contributed by atoms with Crippen molar-refractivity contribution in [1.82, 2.24) is 19.9 Å². The maximum absolute atomic E-state index is 5.28. The third-order valence-electron chi connectivity index (χ3n) is 4.48. The molecule has 0 saturated heterocycles. The predicted molar refractivity (Wildman–Crippen MR) is 107 cm³/mol. The van der Waals surface area contributed by atoms with Crippen LogP contribution in [0.15, 0.2) is 64.3 Å². The smallest absolute Gasteiger partial charge is 0.196 e. The molecule has 2 heterocycles. The monoisotopic (exact) mass is 376 g/mol. The first kappa shape index (κ1) is 17.5. The lowest BCUT2D eigenvalue weighted by atomic mass is 10.2. The molecule has 0 fully saturated rings. The van der Waals surface area contributed by atoms with Crippen LogP contribution in [0.1, 0.15) is 22.6 Å². The molecule has 27 heavy (non-hydrogen) atoms. The van der Waals surface area contributed by atoms with Gasteiger partial charge in [-0.2, -0.15) is 0 Å². The van der Waals surface area contributed by atoms with E-state index in [0.717, 1.165) is 45.0 Å². The van der Waals surface area contributed by atoms with E-state index in [0.29, 0.717) is 0 Å². The van der Waals surface area contributed by atoms with E-state index in [4.69, 9.17) is 4.52 Å². The van der Waals surface area contributed by atoms with E-state index in [2.05, 4.69) is 63.2 Å². The summed E-state index contributed by atoms with van der Waals surface area (Å²) in [6.07, 6.45) is 0. The molecule has 0 atom stereocenters. The third kappa shape index (κ3) is 3.53. The summed E-state index contributed by atoms with van der Waals surface area (Å²) in [7, 11) is 0. The summed E-state index contributed by atoms with van der Waals surface area (Å²) < 4.78 is 7.39. The molecule has 0 aliphatic heterocycles. The maximum atomic E-state index is 5.28. The highest BCUT2D eigenvalue weighted by Gasteiger charge is 2.18. The first-order valence-electron chi connectivity index (χ1n) is 8.76. The van der Waals surface area contributed by atoms with Crippen molar-refractivity contribution in [3.63, 3.8) is 0 Å². The van der Waals surface area contributed by atoms with Gasteiger partial charge in [0.2, 0.25) is 0 Å². The lowest BCUT2D eigenvalue weighted by molar-refractivity contribution is 0.392. The summed E-state index contributed by atoms with van der Waals surface area (Å²) in [4.78, 5) is 0. The number of rotatable bonds is 5. The second-order valence-corrected chi connectivity index (χ2v) is 7.38. The molecule has 0 amide bonds. The van der Waals surface area contributed by atoms with Crippen LogP contribution in [0.2, 0.25) is 0 Å². The van der Waals surface area contributed by atoms with Gasteiger partial charge < -0.3 is 4.52 Å².